The molecule has 138 valence electrons. The Hall–Kier alpha value is -2.76. The molecule has 1 N–H and O–H groups in total. The van der Waals surface area contributed by atoms with Crippen LogP contribution in [0.25, 0.3) is 0 Å². The van der Waals surface area contributed by atoms with Crippen molar-refractivity contribution in [1.82, 2.24) is 5.32 Å². The maximum Gasteiger partial charge on any atom is 0.258 e. The second-order valence-corrected chi connectivity index (χ2v) is 6.83. The molecule has 0 spiro atoms. The fourth-order valence-electron chi connectivity index (χ4n) is 3.00. The monoisotopic (exact) mass is 359 g/mol. The van der Waals surface area contributed by atoms with Crippen LogP contribution < -0.4 is 19.5 Å². The van der Waals surface area contributed by atoms with Crippen LogP contribution in [-0.2, 0) is 4.79 Å². The van der Waals surface area contributed by atoms with Gasteiger partial charge in [-0.1, -0.05) is 0 Å². The zero-order valence-electron chi connectivity index (χ0n) is 15.0. The summed E-state index contributed by atoms with van der Waals surface area (Å²) in [7, 11) is 1.60. The highest BCUT2D eigenvalue weighted by molar-refractivity contribution is 5.78. The predicted molar refractivity (Wildman–Crippen MR) is 95.1 cm³/mol. The Labute approximate surface area is 152 Å². The Balaban J connectivity index is 1.70. The summed E-state index contributed by atoms with van der Waals surface area (Å²) in [6, 6.07) is 10.9. The number of ether oxygens (including phenoxy) is 3. The van der Waals surface area contributed by atoms with Crippen molar-refractivity contribution in [2.45, 2.75) is 31.9 Å². The number of rotatable bonds is 5. The first-order valence-corrected chi connectivity index (χ1v) is 8.41. The molecule has 5 nitrogen and oxygen atoms in total. The van der Waals surface area contributed by atoms with Crippen LogP contribution in [0.1, 0.15) is 31.9 Å². The number of hydrogen-bond acceptors (Lipinski definition) is 4. The van der Waals surface area contributed by atoms with Crippen molar-refractivity contribution in [1.29, 1.82) is 0 Å². The highest BCUT2D eigenvalue weighted by atomic mass is 19.1. The predicted octanol–water partition coefficient (Wildman–Crippen LogP) is 3.63. The van der Waals surface area contributed by atoms with Gasteiger partial charge in [-0.05, 0) is 56.3 Å². The van der Waals surface area contributed by atoms with Gasteiger partial charge in [0.05, 0.1) is 13.2 Å². The van der Waals surface area contributed by atoms with Gasteiger partial charge in [0.1, 0.15) is 28.7 Å². The molecule has 2 aromatic carbocycles. The van der Waals surface area contributed by atoms with Crippen LogP contribution in [0.4, 0.5) is 4.39 Å². The van der Waals surface area contributed by atoms with Crippen molar-refractivity contribution in [2.75, 3.05) is 13.7 Å². The summed E-state index contributed by atoms with van der Waals surface area (Å²) in [5.41, 5.74) is 0.468. The van der Waals surface area contributed by atoms with Gasteiger partial charge in [0, 0.05) is 12.0 Å². The van der Waals surface area contributed by atoms with Gasteiger partial charge in [0.25, 0.3) is 5.91 Å². The summed E-state index contributed by atoms with van der Waals surface area (Å²) in [5, 5.41) is 2.99. The molecule has 1 amide bonds. The lowest BCUT2D eigenvalue weighted by Crippen LogP contribution is -2.42. The second kappa shape index (κ2) is 7.23. The number of carbonyl (C=O) groups is 1. The van der Waals surface area contributed by atoms with E-state index in [2.05, 4.69) is 5.32 Å². The molecule has 1 aliphatic rings. The van der Waals surface area contributed by atoms with E-state index in [1.807, 2.05) is 32.0 Å². The summed E-state index contributed by atoms with van der Waals surface area (Å²) in [6.45, 7) is 3.81. The highest BCUT2D eigenvalue weighted by Crippen LogP contribution is 2.41. The molecule has 0 aliphatic carbocycles. The molecule has 0 saturated carbocycles. The summed E-state index contributed by atoms with van der Waals surface area (Å²) in [6.07, 6.45) is 0.620. The topological polar surface area (TPSA) is 56.8 Å². The van der Waals surface area contributed by atoms with Gasteiger partial charge in [-0.25, -0.2) is 4.39 Å². The van der Waals surface area contributed by atoms with Crippen LogP contribution in [0.3, 0.4) is 0 Å². The minimum absolute atomic E-state index is 0.150. The van der Waals surface area contributed by atoms with E-state index in [1.54, 1.807) is 7.11 Å². The van der Waals surface area contributed by atoms with Gasteiger partial charge in [-0.2, -0.15) is 0 Å². The molecule has 0 aromatic heterocycles. The third kappa shape index (κ3) is 4.25. The Morgan fingerprint density at radius 2 is 1.92 bits per heavy atom. The average molecular weight is 359 g/mol. The number of hydrogen-bond donors (Lipinski definition) is 1. The summed E-state index contributed by atoms with van der Waals surface area (Å²) >= 11 is 0. The number of nitrogens with one attached hydrogen (secondary N) is 1. The van der Waals surface area contributed by atoms with Gasteiger partial charge in [0.15, 0.2) is 6.61 Å². The fraction of sp³-hybridized carbons (Fsp3) is 0.350. The maximum atomic E-state index is 12.9. The number of methoxy groups -OCH3 is 1. The van der Waals surface area contributed by atoms with Crippen molar-refractivity contribution in [3.63, 3.8) is 0 Å². The fourth-order valence-corrected chi connectivity index (χ4v) is 3.00. The van der Waals surface area contributed by atoms with E-state index >= 15 is 0 Å². The van der Waals surface area contributed by atoms with Crippen LogP contribution in [0.2, 0.25) is 0 Å². The summed E-state index contributed by atoms with van der Waals surface area (Å²) < 4.78 is 29.6. The normalized spacial score (nSPS) is 17.6. The third-order valence-corrected chi connectivity index (χ3v) is 4.19. The molecule has 1 atom stereocenters. The van der Waals surface area contributed by atoms with Gasteiger partial charge < -0.3 is 19.5 Å². The van der Waals surface area contributed by atoms with Crippen molar-refractivity contribution < 1.29 is 23.4 Å². The van der Waals surface area contributed by atoms with Crippen LogP contribution in [-0.4, -0.2) is 25.2 Å². The number of carbonyl (C=O) groups excluding carboxylic acids is 1. The first-order chi connectivity index (χ1) is 12.4. The zero-order chi connectivity index (χ0) is 18.7. The zero-order valence-corrected chi connectivity index (χ0v) is 15.0. The highest BCUT2D eigenvalue weighted by Gasteiger charge is 2.34. The van der Waals surface area contributed by atoms with Crippen molar-refractivity contribution in [2.24, 2.45) is 0 Å². The van der Waals surface area contributed by atoms with Crippen LogP contribution in [0.5, 0.6) is 17.2 Å². The molecule has 0 radical (unpaired) electrons. The SMILES string of the molecule is COc1ccc2c(c1)[C@H](NC(=O)COc1ccc(F)cc1)CC(C)(C)O2. The molecule has 0 unspecified atom stereocenters. The van der Waals surface area contributed by atoms with E-state index in [9.17, 15) is 9.18 Å². The Morgan fingerprint density at radius 1 is 1.23 bits per heavy atom. The Kier molecular flexibility index (Phi) is 5.02. The molecule has 1 aliphatic heterocycles. The second-order valence-electron chi connectivity index (χ2n) is 6.83. The van der Waals surface area contributed by atoms with Gasteiger partial charge in [0.2, 0.25) is 0 Å². The van der Waals surface area contributed by atoms with Gasteiger partial charge >= 0.3 is 0 Å². The lowest BCUT2D eigenvalue weighted by molar-refractivity contribution is -0.124. The first kappa shape index (κ1) is 18.0. The van der Waals surface area contributed by atoms with E-state index < -0.39 is 5.60 Å². The number of halogens is 1. The van der Waals surface area contributed by atoms with Crippen molar-refractivity contribution in [3.05, 3.63) is 53.8 Å². The molecule has 0 saturated heterocycles. The van der Waals surface area contributed by atoms with Crippen LogP contribution in [0.15, 0.2) is 42.5 Å². The van der Waals surface area contributed by atoms with E-state index in [4.69, 9.17) is 14.2 Å². The molecular formula is C20H22FNO4. The standard InChI is InChI=1S/C20H22FNO4/c1-20(2)11-17(16-10-15(24-3)8-9-18(16)26-20)22-19(23)12-25-14-6-4-13(21)5-7-14/h4-10,17H,11-12H2,1-3H3,(H,22,23)/t17-/m1/s1. The molecule has 6 heteroatoms. The quantitative estimate of drug-likeness (QED) is 0.886. The molecule has 2 aromatic rings. The third-order valence-electron chi connectivity index (χ3n) is 4.19. The minimum Gasteiger partial charge on any atom is -0.497 e. The summed E-state index contributed by atoms with van der Waals surface area (Å²) in [4.78, 5) is 12.3. The number of fused-ring (bicyclic) bond motifs is 1. The smallest absolute Gasteiger partial charge is 0.258 e. The molecule has 3 rings (SSSR count). The molecule has 1 heterocycles. The van der Waals surface area contributed by atoms with E-state index in [-0.39, 0.29) is 24.4 Å². The number of benzene rings is 2. The molecule has 0 fully saturated rings. The van der Waals surface area contributed by atoms with Crippen LogP contribution in [0, 0.1) is 5.82 Å². The molecular weight excluding hydrogens is 337 g/mol. The molecule has 26 heavy (non-hydrogen) atoms. The lowest BCUT2D eigenvalue weighted by Gasteiger charge is -2.38. The maximum absolute atomic E-state index is 12.9. The largest absolute Gasteiger partial charge is 0.497 e. The van der Waals surface area contributed by atoms with Gasteiger partial charge in [-0.3, -0.25) is 4.79 Å². The Bertz CT molecular complexity index is 789. The average Bonchev–Trinajstić information content (AvgIpc) is 2.60. The molecule has 0 bridgehead atoms. The van der Waals surface area contributed by atoms with E-state index in [1.165, 1.54) is 24.3 Å². The Morgan fingerprint density at radius 3 is 2.62 bits per heavy atom. The minimum atomic E-state index is -0.405. The number of amides is 1. The van der Waals surface area contributed by atoms with Crippen molar-refractivity contribution in [3.8, 4) is 17.2 Å². The van der Waals surface area contributed by atoms with Crippen molar-refractivity contribution >= 4 is 5.91 Å². The van der Waals surface area contributed by atoms with E-state index in [0.29, 0.717) is 17.9 Å². The summed E-state index contributed by atoms with van der Waals surface area (Å²) in [5.74, 6) is 1.26. The van der Waals surface area contributed by atoms with Gasteiger partial charge in [-0.15, -0.1) is 0 Å². The van der Waals surface area contributed by atoms with Crippen LogP contribution >= 0.6 is 0 Å². The lowest BCUT2D eigenvalue weighted by atomic mass is 9.89. The van der Waals surface area contributed by atoms with E-state index in [0.717, 1.165) is 11.3 Å². The first-order valence-electron chi connectivity index (χ1n) is 8.41.